The number of rotatable bonds is 4. The summed E-state index contributed by atoms with van der Waals surface area (Å²) in [7, 11) is 0. The lowest BCUT2D eigenvalue weighted by atomic mass is 10.1. The van der Waals surface area contributed by atoms with Gasteiger partial charge in [0.25, 0.3) is 0 Å². The zero-order valence-corrected chi connectivity index (χ0v) is 13.5. The summed E-state index contributed by atoms with van der Waals surface area (Å²) in [5.74, 6) is -0.637. The lowest BCUT2D eigenvalue weighted by Crippen LogP contribution is -2.35. The summed E-state index contributed by atoms with van der Waals surface area (Å²) in [4.78, 5) is 25.4. The van der Waals surface area contributed by atoms with E-state index in [1.807, 2.05) is 0 Å². The van der Waals surface area contributed by atoms with Crippen LogP contribution in [0.2, 0.25) is 10.0 Å². The molecule has 116 valence electrons. The Bertz CT molecular complexity index is 519. The number of carbonyl (C=O) groups excluding carboxylic acids is 2. The third-order valence-corrected chi connectivity index (χ3v) is 3.53. The molecule has 0 saturated carbocycles. The highest BCUT2D eigenvalue weighted by Gasteiger charge is 2.35. The molecule has 5 nitrogen and oxygen atoms in total. The van der Waals surface area contributed by atoms with Gasteiger partial charge in [-0.3, -0.25) is 9.59 Å². The molecule has 1 unspecified atom stereocenters. The minimum Gasteiger partial charge on any atom is -0.355 e. The summed E-state index contributed by atoms with van der Waals surface area (Å²) in [5, 5.41) is 3.60. The van der Waals surface area contributed by atoms with Crippen LogP contribution in [-0.4, -0.2) is 31.4 Å². The Labute approximate surface area is 139 Å². The molecular formula is C13H16Cl3N3O2. The first kappa shape index (κ1) is 18.0. The van der Waals surface area contributed by atoms with Crippen molar-refractivity contribution in [3.05, 3.63) is 28.2 Å². The maximum absolute atomic E-state index is 12.0. The number of anilines is 1. The van der Waals surface area contributed by atoms with Crippen LogP contribution in [0.4, 0.5) is 5.69 Å². The molecule has 1 atom stereocenters. The normalized spacial score (nSPS) is 17.6. The number of carbonyl (C=O) groups is 2. The Morgan fingerprint density at radius 2 is 1.95 bits per heavy atom. The monoisotopic (exact) mass is 351 g/mol. The van der Waals surface area contributed by atoms with Crippen LogP contribution in [0.1, 0.15) is 6.42 Å². The zero-order valence-electron chi connectivity index (χ0n) is 11.1. The van der Waals surface area contributed by atoms with Crippen molar-refractivity contribution in [2.24, 2.45) is 11.7 Å². The second-order valence-electron chi connectivity index (χ2n) is 4.61. The quantitative estimate of drug-likeness (QED) is 0.868. The topological polar surface area (TPSA) is 75.4 Å². The van der Waals surface area contributed by atoms with Gasteiger partial charge in [0.2, 0.25) is 11.8 Å². The predicted octanol–water partition coefficient (Wildman–Crippen LogP) is 1.84. The smallest absolute Gasteiger partial charge is 0.227 e. The summed E-state index contributed by atoms with van der Waals surface area (Å²) in [6.07, 6.45) is 0.181. The molecule has 0 radical (unpaired) electrons. The molecule has 1 aromatic rings. The van der Waals surface area contributed by atoms with E-state index < -0.39 is 0 Å². The van der Waals surface area contributed by atoms with Crippen LogP contribution in [0.15, 0.2) is 18.2 Å². The summed E-state index contributed by atoms with van der Waals surface area (Å²) in [6.45, 7) is 1.11. The van der Waals surface area contributed by atoms with Gasteiger partial charge < -0.3 is 16.0 Å². The summed E-state index contributed by atoms with van der Waals surface area (Å²) in [6, 6.07) is 4.91. The average Bonchev–Trinajstić information content (AvgIpc) is 2.77. The van der Waals surface area contributed by atoms with E-state index in [1.54, 1.807) is 18.2 Å². The van der Waals surface area contributed by atoms with E-state index in [1.165, 1.54) is 4.90 Å². The Morgan fingerprint density at radius 1 is 1.33 bits per heavy atom. The van der Waals surface area contributed by atoms with E-state index in [0.717, 1.165) is 0 Å². The molecular weight excluding hydrogens is 337 g/mol. The fraction of sp³-hybridized carbons (Fsp3) is 0.385. The second-order valence-corrected chi connectivity index (χ2v) is 5.49. The van der Waals surface area contributed by atoms with Crippen LogP contribution in [-0.2, 0) is 9.59 Å². The zero-order chi connectivity index (χ0) is 14.7. The van der Waals surface area contributed by atoms with Crippen LogP contribution in [0.3, 0.4) is 0 Å². The minimum atomic E-state index is -0.369. The van der Waals surface area contributed by atoms with Crippen LogP contribution >= 0.6 is 35.6 Å². The molecule has 2 rings (SSSR count). The van der Waals surface area contributed by atoms with Gasteiger partial charge in [-0.15, -0.1) is 12.4 Å². The van der Waals surface area contributed by atoms with Crippen LogP contribution in [0, 0.1) is 5.92 Å². The molecule has 1 fully saturated rings. The first-order valence-electron chi connectivity index (χ1n) is 6.25. The van der Waals surface area contributed by atoms with Crippen LogP contribution in [0.25, 0.3) is 0 Å². The van der Waals surface area contributed by atoms with Gasteiger partial charge in [0.1, 0.15) is 0 Å². The highest BCUT2D eigenvalue weighted by molar-refractivity contribution is 6.35. The maximum atomic E-state index is 12.0. The number of hydrogen-bond donors (Lipinski definition) is 2. The summed E-state index contributed by atoms with van der Waals surface area (Å²) in [5.41, 5.74) is 5.95. The van der Waals surface area contributed by atoms with E-state index in [4.69, 9.17) is 28.9 Å². The van der Waals surface area contributed by atoms with Crippen molar-refractivity contribution in [1.29, 1.82) is 0 Å². The van der Waals surface area contributed by atoms with Crippen molar-refractivity contribution >= 4 is 53.1 Å². The van der Waals surface area contributed by atoms with Crippen molar-refractivity contribution in [3.63, 3.8) is 0 Å². The van der Waals surface area contributed by atoms with Gasteiger partial charge in [0.15, 0.2) is 0 Å². The number of halogens is 3. The fourth-order valence-corrected chi connectivity index (χ4v) is 2.68. The van der Waals surface area contributed by atoms with Crippen molar-refractivity contribution in [1.82, 2.24) is 5.32 Å². The first-order chi connectivity index (χ1) is 9.51. The van der Waals surface area contributed by atoms with Gasteiger partial charge in [0.05, 0.1) is 5.92 Å². The standard InChI is InChI=1S/C13H15Cl2N3O2.ClH/c14-9-4-10(15)6-11(5-9)18-7-8(3-12(18)19)13(20)17-2-1-16;/h4-6,8H,1-3,7,16H2,(H,17,20);1H. The van der Waals surface area contributed by atoms with Gasteiger partial charge in [-0.25, -0.2) is 0 Å². The van der Waals surface area contributed by atoms with Gasteiger partial charge in [-0.2, -0.15) is 0 Å². The summed E-state index contributed by atoms with van der Waals surface area (Å²) >= 11 is 11.9. The van der Waals surface area contributed by atoms with E-state index in [9.17, 15) is 9.59 Å². The molecule has 0 aromatic heterocycles. The average molecular weight is 353 g/mol. The number of amides is 2. The predicted molar refractivity (Wildman–Crippen MR) is 86.2 cm³/mol. The molecule has 2 amide bonds. The Hall–Kier alpha value is -1.01. The van der Waals surface area contributed by atoms with Crippen LogP contribution in [0.5, 0.6) is 0 Å². The molecule has 1 aromatic carbocycles. The maximum Gasteiger partial charge on any atom is 0.227 e. The molecule has 1 aliphatic rings. The van der Waals surface area contributed by atoms with Crippen LogP contribution < -0.4 is 16.0 Å². The van der Waals surface area contributed by atoms with E-state index in [0.29, 0.717) is 35.4 Å². The van der Waals surface area contributed by atoms with Crippen molar-refractivity contribution < 1.29 is 9.59 Å². The molecule has 21 heavy (non-hydrogen) atoms. The fourth-order valence-electron chi connectivity index (χ4n) is 2.17. The molecule has 8 heteroatoms. The number of benzene rings is 1. The molecule has 0 spiro atoms. The highest BCUT2D eigenvalue weighted by atomic mass is 35.5. The molecule has 1 heterocycles. The van der Waals surface area contributed by atoms with Crippen molar-refractivity contribution in [2.75, 3.05) is 24.5 Å². The van der Waals surface area contributed by atoms with Crippen molar-refractivity contribution in [3.8, 4) is 0 Å². The lowest BCUT2D eigenvalue weighted by Gasteiger charge is -2.17. The largest absolute Gasteiger partial charge is 0.355 e. The van der Waals surface area contributed by atoms with E-state index in [2.05, 4.69) is 5.32 Å². The number of hydrogen-bond acceptors (Lipinski definition) is 3. The van der Waals surface area contributed by atoms with Gasteiger partial charge in [-0.1, -0.05) is 23.2 Å². The Balaban J connectivity index is 0.00000220. The third-order valence-electron chi connectivity index (χ3n) is 3.10. The minimum absolute atomic E-state index is 0. The first-order valence-corrected chi connectivity index (χ1v) is 7.01. The van der Waals surface area contributed by atoms with Gasteiger partial charge >= 0.3 is 0 Å². The molecule has 1 aliphatic heterocycles. The number of nitrogens with one attached hydrogen (secondary N) is 1. The van der Waals surface area contributed by atoms with E-state index in [-0.39, 0.29) is 36.6 Å². The van der Waals surface area contributed by atoms with Gasteiger partial charge in [0, 0.05) is 41.8 Å². The number of nitrogens with zero attached hydrogens (tertiary/aromatic N) is 1. The third kappa shape index (κ3) is 4.48. The molecule has 0 aliphatic carbocycles. The summed E-state index contributed by atoms with van der Waals surface area (Å²) < 4.78 is 0. The lowest BCUT2D eigenvalue weighted by molar-refractivity contribution is -0.126. The number of nitrogens with two attached hydrogens (primary N) is 1. The van der Waals surface area contributed by atoms with E-state index >= 15 is 0 Å². The SMILES string of the molecule is Cl.NCCNC(=O)C1CC(=O)N(c2cc(Cl)cc(Cl)c2)C1. The molecule has 0 bridgehead atoms. The second kappa shape index (κ2) is 7.84. The van der Waals surface area contributed by atoms with Gasteiger partial charge in [-0.05, 0) is 18.2 Å². The Morgan fingerprint density at radius 3 is 2.52 bits per heavy atom. The molecule has 1 saturated heterocycles. The van der Waals surface area contributed by atoms with Crippen molar-refractivity contribution in [2.45, 2.75) is 6.42 Å². The highest BCUT2D eigenvalue weighted by Crippen LogP contribution is 2.30. The molecule has 3 N–H and O–H groups in total. The Kier molecular flexibility index (Phi) is 6.74.